The van der Waals surface area contributed by atoms with Gasteiger partial charge >= 0.3 is 0 Å². The maximum atomic E-state index is 12.4. The van der Waals surface area contributed by atoms with Crippen molar-refractivity contribution in [1.29, 1.82) is 0 Å². The van der Waals surface area contributed by atoms with Gasteiger partial charge in [-0.15, -0.1) is 0 Å². The van der Waals surface area contributed by atoms with Gasteiger partial charge in [0.2, 0.25) is 0 Å². The number of benzene rings is 1. The quantitative estimate of drug-likeness (QED) is 0.597. The first-order chi connectivity index (χ1) is 12.7. The van der Waals surface area contributed by atoms with E-state index in [2.05, 4.69) is 15.3 Å². The van der Waals surface area contributed by atoms with Gasteiger partial charge in [-0.05, 0) is 53.1 Å². The molecular formula is C20H15ClN4O. The summed E-state index contributed by atoms with van der Waals surface area (Å²) >= 11 is 6.07. The summed E-state index contributed by atoms with van der Waals surface area (Å²) in [6.07, 6.45) is 7.06. The Kier molecular flexibility index (Phi) is 4.37. The monoisotopic (exact) mass is 362 g/mol. The highest BCUT2D eigenvalue weighted by atomic mass is 35.5. The van der Waals surface area contributed by atoms with Gasteiger partial charge in [-0.2, -0.15) is 0 Å². The lowest BCUT2D eigenvalue weighted by Crippen LogP contribution is -2.23. The second kappa shape index (κ2) is 6.98. The molecule has 3 heterocycles. The number of imidazole rings is 1. The third kappa shape index (κ3) is 3.43. The predicted molar refractivity (Wildman–Crippen MR) is 101 cm³/mol. The van der Waals surface area contributed by atoms with Gasteiger partial charge in [0.15, 0.2) is 0 Å². The van der Waals surface area contributed by atoms with Crippen LogP contribution in [0.2, 0.25) is 5.02 Å². The second-order valence-corrected chi connectivity index (χ2v) is 6.29. The number of nitrogens with one attached hydrogen (secondary N) is 1. The molecule has 3 aromatic heterocycles. The summed E-state index contributed by atoms with van der Waals surface area (Å²) in [5, 5.41) is 3.55. The van der Waals surface area contributed by atoms with Crippen LogP contribution < -0.4 is 5.32 Å². The number of aromatic nitrogens is 3. The molecule has 0 unspecified atom stereocenters. The van der Waals surface area contributed by atoms with Crippen molar-refractivity contribution >= 4 is 23.2 Å². The molecule has 0 radical (unpaired) electrons. The van der Waals surface area contributed by atoms with E-state index < -0.39 is 0 Å². The molecule has 1 aromatic carbocycles. The van der Waals surface area contributed by atoms with Crippen molar-refractivity contribution in [3.63, 3.8) is 0 Å². The van der Waals surface area contributed by atoms with E-state index in [0.717, 1.165) is 16.7 Å². The minimum atomic E-state index is -0.213. The van der Waals surface area contributed by atoms with Crippen molar-refractivity contribution in [1.82, 2.24) is 19.7 Å². The van der Waals surface area contributed by atoms with Gasteiger partial charge in [0.25, 0.3) is 5.91 Å². The lowest BCUT2D eigenvalue weighted by atomic mass is 10.1. The zero-order chi connectivity index (χ0) is 17.9. The molecule has 1 N–H and O–H groups in total. The lowest BCUT2D eigenvalue weighted by molar-refractivity contribution is 0.0946. The van der Waals surface area contributed by atoms with Crippen LogP contribution in [0.3, 0.4) is 0 Å². The number of carbonyl (C=O) groups excluding carboxylic acids is 1. The maximum Gasteiger partial charge on any atom is 0.271 e. The number of amides is 1. The summed E-state index contributed by atoms with van der Waals surface area (Å²) < 4.78 is 1.84. The average molecular weight is 363 g/mol. The van der Waals surface area contributed by atoms with E-state index in [1.54, 1.807) is 18.6 Å². The highest BCUT2D eigenvalue weighted by Crippen LogP contribution is 2.23. The molecule has 0 bridgehead atoms. The Bertz CT molecular complexity index is 1080. The van der Waals surface area contributed by atoms with Gasteiger partial charge in [-0.25, -0.2) is 4.98 Å². The Labute approximate surface area is 155 Å². The smallest absolute Gasteiger partial charge is 0.271 e. The maximum absolute atomic E-state index is 12.4. The fourth-order valence-corrected chi connectivity index (χ4v) is 2.90. The van der Waals surface area contributed by atoms with Crippen molar-refractivity contribution in [2.75, 3.05) is 0 Å². The second-order valence-electron chi connectivity index (χ2n) is 5.86. The third-order valence-corrected chi connectivity index (χ3v) is 4.28. The summed E-state index contributed by atoms with van der Waals surface area (Å²) in [7, 11) is 0. The molecule has 0 saturated heterocycles. The molecule has 4 aromatic rings. The molecule has 4 rings (SSSR count). The van der Waals surface area contributed by atoms with Crippen LogP contribution in [0, 0.1) is 0 Å². The van der Waals surface area contributed by atoms with E-state index in [1.165, 1.54) is 0 Å². The predicted octanol–water partition coefficient (Wildman–Crippen LogP) is 3.98. The molecule has 0 aliphatic carbocycles. The first kappa shape index (κ1) is 16.3. The fourth-order valence-electron chi connectivity index (χ4n) is 2.71. The first-order valence-electron chi connectivity index (χ1n) is 8.11. The number of halogens is 1. The molecule has 5 nitrogen and oxygen atoms in total. The van der Waals surface area contributed by atoms with Crippen LogP contribution in [-0.2, 0) is 6.54 Å². The summed E-state index contributed by atoms with van der Waals surface area (Å²) in [6.45, 7) is 0.434. The number of nitrogens with zero attached hydrogens (tertiary/aromatic N) is 3. The van der Waals surface area contributed by atoms with E-state index >= 15 is 0 Å². The Hall–Kier alpha value is -3.18. The molecule has 128 valence electrons. The Morgan fingerprint density at radius 1 is 1.04 bits per heavy atom. The Morgan fingerprint density at radius 2 is 1.88 bits per heavy atom. The van der Waals surface area contributed by atoms with Crippen molar-refractivity contribution in [3.05, 3.63) is 89.6 Å². The molecule has 0 saturated carbocycles. The van der Waals surface area contributed by atoms with Gasteiger partial charge in [0, 0.05) is 36.4 Å². The van der Waals surface area contributed by atoms with Gasteiger partial charge in [0.1, 0.15) is 11.3 Å². The molecule has 0 fully saturated rings. The number of pyridine rings is 2. The third-order valence-electron chi connectivity index (χ3n) is 4.04. The zero-order valence-electron chi connectivity index (χ0n) is 13.8. The van der Waals surface area contributed by atoms with Crippen molar-refractivity contribution < 1.29 is 4.79 Å². The highest BCUT2D eigenvalue weighted by molar-refractivity contribution is 6.30. The van der Waals surface area contributed by atoms with Gasteiger partial charge in [-0.3, -0.25) is 9.78 Å². The van der Waals surface area contributed by atoms with Crippen molar-refractivity contribution in [2.45, 2.75) is 6.54 Å². The topological polar surface area (TPSA) is 59.3 Å². The number of rotatable bonds is 4. The highest BCUT2D eigenvalue weighted by Gasteiger charge is 2.11. The van der Waals surface area contributed by atoms with E-state index in [4.69, 9.17) is 11.6 Å². The Balaban J connectivity index is 1.56. The van der Waals surface area contributed by atoms with Crippen LogP contribution in [0.4, 0.5) is 0 Å². The summed E-state index contributed by atoms with van der Waals surface area (Å²) in [5.74, 6) is -0.213. The number of hydrogen-bond donors (Lipinski definition) is 1. The normalized spacial score (nSPS) is 10.8. The molecule has 6 heteroatoms. The minimum Gasteiger partial charge on any atom is -0.347 e. The van der Waals surface area contributed by atoms with Crippen LogP contribution in [-0.4, -0.2) is 20.3 Å². The molecule has 0 spiro atoms. The molecular weight excluding hydrogens is 348 g/mol. The SMILES string of the molecule is O=C(NCc1ccncc1)c1cn2cc(-c3cccc(Cl)c3)ccc2n1. The fraction of sp³-hybridized carbons (Fsp3) is 0.0500. The molecule has 0 aliphatic heterocycles. The van der Waals surface area contributed by atoms with Gasteiger partial charge in [-0.1, -0.05) is 23.7 Å². The van der Waals surface area contributed by atoms with E-state index in [9.17, 15) is 4.79 Å². The molecule has 26 heavy (non-hydrogen) atoms. The van der Waals surface area contributed by atoms with Crippen LogP contribution >= 0.6 is 11.6 Å². The van der Waals surface area contributed by atoms with Gasteiger partial charge in [0.05, 0.1) is 0 Å². The number of hydrogen-bond acceptors (Lipinski definition) is 3. The largest absolute Gasteiger partial charge is 0.347 e. The van der Waals surface area contributed by atoms with Crippen LogP contribution in [0.1, 0.15) is 16.1 Å². The van der Waals surface area contributed by atoms with Gasteiger partial charge < -0.3 is 9.72 Å². The van der Waals surface area contributed by atoms with Crippen molar-refractivity contribution in [3.8, 4) is 11.1 Å². The molecule has 1 amide bonds. The molecule has 0 atom stereocenters. The number of fused-ring (bicyclic) bond motifs is 1. The molecule has 0 aliphatic rings. The van der Waals surface area contributed by atoms with Crippen molar-refractivity contribution in [2.24, 2.45) is 0 Å². The standard InChI is InChI=1S/C20H15ClN4O/c21-17-3-1-2-15(10-17)16-4-5-19-24-18(13-25(19)12-16)20(26)23-11-14-6-8-22-9-7-14/h1-10,12-13H,11H2,(H,23,26). The van der Waals surface area contributed by atoms with Crippen LogP contribution in [0.5, 0.6) is 0 Å². The Morgan fingerprint density at radius 3 is 2.69 bits per heavy atom. The van der Waals surface area contributed by atoms with E-state index in [1.807, 2.05) is 59.1 Å². The van der Waals surface area contributed by atoms with E-state index in [-0.39, 0.29) is 5.91 Å². The lowest BCUT2D eigenvalue weighted by Gasteiger charge is -2.03. The number of carbonyl (C=O) groups is 1. The summed E-state index contributed by atoms with van der Waals surface area (Å²) in [5.41, 5.74) is 4.09. The zero-order valence-corrected chi connectivity index (χ0v) is 14.5. The minimum absolute atomic E-state index is 0.213. The van der Waals surface area contributed by atoms with Crippen LogP contribution in [0.25, 0.3) is 16.8 Å². The van der Waals surface area contributed by atoms with Crippen LogP contribution in [0.15, 0.2) is 73.3 Å². The van der Waals surface area contributed by atoms with E-state index in [0.29, 0.717) is 22.9 Å². The summed E-state index contributed by atoms with van der Waals surface area (Å²) in [6, 6.07) is 15.2. The first-order valence-corrected chi connectivity index (χ1v) is 8.49. The average Bonchev–Trinajstić information content (AvgIpc) is 3.10. The summed E-state index contributed by atoms with van der Waals surface area (Å²) in [4.78, 5) is 20.7.